The molecule has 1 aromatic carbocycles. The van der Waals surface area contributed by atoms with Crippen molar-refractivity contribution in [3.8, 4) is 0 Å². The van der Waals surface area contributed by atoms with Gasteiger partial charge in [-0.25, -0.2) is 9.59 Å². The fourth-order valence-electron chi connectivity index (χ4n) is 7.09. The van der Waals surface area contributed by atoms with Gasteiger partial charge >= 0.3 is 12.1 Å². The Balaban J connectivity index is 1.56. The number of Topliss-reactive ketones (excluding diaryl/α,β-unsaturated/α-hetero) is 1. The summed E-state index contributed by atoms with van der Waals surface area (Å²) in [5.74, 6) is -3.16. The molecule has 5 atom stereocenters. The van der Waals surface area contributed by atoms with E-state index in [1.54, 1.807) is 0 Å². The Hall–Kier alpha value is -4.16. The number of carbonyl (C=O) groups is 6. The number of amides is 6. The second-order valence-corrected chi connectivity index (χ2v) is 16.0. The summed E-state index contributed by atoms with van der Waals surface area (Å²) >= 11 is 0. The molecular formula is C37H56N6O7. The second-order valence-electron chi connectivity index (χ2n) is 16.0. The Morgan fingerprint density at radius 2 is 1.54 bits per heavy atom. The summed E-state index contributed by atoms with van der Waals surface area (Å²) < 4.78 is 5.42. The number of ketones is 1. The molecule has 50 heavy (non-hydrogen) atoms. The number of primary amides is 1. The Morgan fingerprint density at radius 3 is 2.06 bits per heavy atom. The van der Waals surface area contributed by atoms with Gasteiger partial charge in [-0.1, -0.05) is 64.8 Å². The van der Waals surface area contributed by atoms with Crippen molar-refractivity contribution in [1.29, 1.82) is 0 Å². The standard InChI is InChI=1S/C37H56N6O7/c1-20(2)26-14-15-43(30(26)33(46)39-27(16-22-12-13-22)31(44)32(38)45)34(47)29(25-17-23-10-8-9-11-24(23)18-25)41-35(48)40-28(21(3)4)19-50-36(49)42-37(5,6)7/h8-11,20-22,25-30H,12-19H2,1-7H3,(H2,38,45)(H,39,46)(H,42,49)(H2,40,41,48)/t26-,27?,28?,29+,30+/m1/s1. The molecule has 2 unspecified atom stereocenters. The van der Waals surface area contributed by atoms with Crippen molar-refractivity contribution in [1.82, 2.24) is 26.2 Å². The van der Waals surface area contributed by atoms with E-state index in [1.807, 2.05) is 72.7 Å². The molecule has 3 aliphatic rings. The number of fused-ring (bicyclic) bond motifs is 1. The molecule has 1 aliphatic heterocycles. The maximum absolute atomic E-state index is 14.7. The third-order valence-corrected chi connectivity index (χ3v) is 10.1. The quantitative estimate of drug-likeness (QED) is 0.185. The van der Waals surface area contributed by atoms with Crippen LogP contribution in [0.3, 0.4) is 0 Å². The fourth-order valence-corrected chi connectivity index (χ4v) is 7.09. The Morgan fingerprint density at radius 1 is 0.920 bits per heavy atom. The van der Waals surface area contributed by atoms with Crippen molar-refractivity contribution >= 4 is 35.6 Å². The number of nitrogens with two attached hydrogens (primary N) is 1. The highest BCUT2D eigenvalue weighted by molar-refractivity contribution is 6.37. The Labute approximate surface area is 295 Å². The molecule has 1 heterocycles. The largest absolute Gasteiger partial charge is 0.447 e. The molecule has 1 aromatic rings. The summed E-state index contributed by atoms with van der Waals surface area (Å²) in [6.45, 7) is 13.5. The molecule has 0 bridgehead atoms. The molecular weight excluding hydrogens is 640 g/mol. The predicted octanol–water partition coefficient (Wildman–Crippen LogP) is 2.83. The zero-order valence-electron chi connectivity index (χ0n) is 30.5. The van der Waals surface area contributed by atoms with E-state index in [0.717, 1.165) is 24.0 Å². The maximum Gasteiger partial charge on any atom is 0.407 e. The number of carbonyl (C=O) groups excluding carboxylic acids is 6. The molecule has 2 fully saturated rings. The summed E-state index contributed by atoms with van der Waals surface area (Å²) in [6.07, 6.45) is 3.23. The first-order chi connectivity index (χ1) is 23.4. The minimum atomic E-state index is -1.10. The molecule has 1 saturated carbocycles. The molecule has 0 radical (unpaired) electrons. The van der Waals surface area contributed by atoms with E-state index in [1.165, 1.54) is 4.90 Å². The van der Waals surface area contributed by atoms with Gasteiger partial charge in [0.05, 0.1) is 12.1 Å². The lowest BCUT2D eigenvalue weighted by molar-refractivity contribution is -0.143. The second kappa shape index (κ2) is 16.2. The van der Waals surface area contributed by atoms with Gasteiger partial charge in [0.2, 0.25) is 17.6 Å². The number of hydrogen-bond donors (Lipinski definition) is 5. The van der Waals surface area contributed by atoms with Crippen LogP contribution in [0.2, 0.25) is 0 Å². The molecule has 13 heteroatoms. The van der Waals surface area contributed by atoms with Gasteiger partial charge in [0.1, 0.15) is 18.7 Å². The monoisotopic (exact) mass is 696 g/mol. The van der Waals surface area contributed by atoms with Crippen molar-refractivity contribution in [2.24, 2.45) is 35.3 Å². The van der Waals surface area contributed by atoms with E-state index in [0.29, 0.717) is 32.2 Å². The van der Waals surface area contributed by atoms with Crippen molar-refractivity contribution in [3.05, 3.63) is 35.4 Å². The lowest BCUT2D eigenvalue weighted by atomic mass is 9.87. The van der Waals surface area contributed by atoms with Crippen LogP contribution in [0.5, 0.6) is 0 Å². The number of benzene rings is 1. The van der Waals surface area contributed by atoms with Gasteiger partial charge in [0.15, 0.2) is 0 Å². The first-order valence-electron chi connectivity index (χ1n) is 18.0. The Bertz CT molecular complexity index is 1410. The van der Waals surface area contributed by atoms with Crippen LogP contribution in [0.1, 0.15) is 85.3 Å². The van der Waals surface area contributed by atoms with Crippen molar-refractivity contribution in [3.63, 3.8) is 0 Å². The van der Waals surface area contributed by atoms with Crippen LogP contribution < -0.4 is 27.0 Å². The summed E-state index contributed by atoms with van der Waals surface area (Å²) in [4.78, 5) is 80.8. The molecule has 6 N–H and O–H groups in total. The van der Waals surface area contributed by atoms with Crippen molar-refractivity contribution < 1.29 is 33.5 Å². The molecule has 1 saturated heterocycles. The zero-order valence-corrected chi connectivity index (χ0v) is 30.5. The topological polar surface area (TPSA) is 189 Å². The van der Waals surface area contributed by atoms with Gasteiger partial charge in [0, 0.05) is 12.1 Å². The number of rotatable bonds is 14. The Kier molecular flexibility index (Phi) is 12.6. The molecule has 276 valence electrons. The number of nitrogens with one attached hydrogen (secondary N) is 4. The highest BCUT2D eigenvalue weighted by Crippen LogP contribution is 2.36. The van der Waals surface area contributed by atoms with Gasteiger partial charge in [-0.05, 0) is 87.2 Å². The van der Waals surface area contributed by atoms with Gasteiger partial charge < -0.3 is 36.6 Å². The predicted molar refractivity (Wildman–Crippen MR) is 188 cm³/mol. The highest BCUT2D eigenvalue weighted by Gasteiger charge is 2.48. The SMILES string of the molecule is CC(C)C(COC(=O)NC(C)(C)C)NC(=O)N[C@H](C(=O)N1CC[C@H](C(C)C)[C@H]1C(=O)NC(CC1CC1)C(=O)C(N)=O)C1Cc2ccccc2C1. The molecule has 0 aromatic heterocycles. The van der Waals surface area contributed by atoms with Crippen LogP contribution >= 0.6 is 0 Å². The van der Waals surface area contributed by atoms with E-state index in [4.69, 9.17) is 10.5 Å². The lowest BCUT2D eigenvalue weighted by Gasteiger charge is -2.34. The molecule has 0 spiro atoms. The van der Waals surface area contributed by atoms with Crippen molar-refractivity contribution in [2.45, 2.75) is 117 Å². The average molecular weight is 697 g/mol. The van der Waals surface area contributed by atoms with E-state index in [9.17, 15) is 28.8 Å². The minimum Gasteiger partial charge on any atom is -0.447 e. The number of likely N-dealkylation sites (tertiary alicyclic amines) is 1. The maximum atomic E-state index is 14.7. The molecule has 13 nitrogen and oxygen atoms in total. The zero-order chi connectivity index (χ0) is 36.9. The third kappa shape index (κ3) is 10.2. The van der Waals surface area contributed by atoms with Gasteiger partial charge in [-0.15, -0.1) is 0 Å². The van der Waals surface area contributed by atoms with Gasteiger partial charge in [0.25, 0.3) is 5.91 Å². The van der Waals surface area contributed by atoms with Crippen LogP contribution in [0, 0.1) is 29.6 Å². The summed E-state index contributed by atoms with van der Waals surface area (Å²) in [6, 6.07) is 3.86. The van der Waals surface area contributed by atoms with Gasteiger partial charge in [-0.3, -0.25) is 19.2 Å². The molecule has 6 amide bonds. The first kappa shape index (κ1) is 38.6. The molecule has 4 rings (SSSR count). The number of hydrogen-bond acceptors (Lipinski definition) is 7. The third-order valence-electron chi connectivity index (χ3n) is 10.1. The fraction of sp³-hybridized carbons (Fsp3) is 0.676. The minimum absolute atomic E-state index is 0.0324. The van der Waals surface area contributed by atoms with Crippen LogP contribution in [0.4, 0.5) is 9.59 Å². The van der Waals surface area contributed by atoms with Crippen molar-refractivity contribution in [2.75, 3.05) is 13.2 Å². The van der Waals surface area contributed by atoms with Crippen LogP contribution in [0.15, 0.2) is 24.3 Å². The number of nitrogens with zero attached hydrogens (tertiary/aromatic N) is 1. The van der Waals surface area contributed by atoms with E-state index in [-0.39, 0.29) is 42.1 Å². The van der Waals surface area contributed by atoms with Crippen LogP contribution in [0.25, 0.3) is 0 Å². The average Bonchev–Trinajstić information content (AvgIpc) is 3.55. The number of urea groups is 1. The van der Waals surface area contributed by atoms with Gasteiger partial charge in [-0.2, -0.15) is 0 Å². The molecule has 2 aliphatic carbocycles. The normalized spacial score (nSPS) is 20.9. The highest BCUT2D eigenvalue weighted by atomic mass is 16.5. The van der Waals surface area contributed by atoms with E-state index < -0.39 is 59.4 Å². The van der Waals surface area contributed by atoms with E-state index >= 15 is 0 Å². The summed E-state index contributed by atoms with van der Waals surface area (Å²) in [5, 5.41) is 11.4. The number of alkyl carbamates (subject to hydrolysis) is 1. The number of ether oxygens (including phenoxy) is 1. The summed E-state index contributed by atoms with van der Waals surface area (Å²) in [7, 11) is 0. The van der Waals surface area contributed by atoms with Crippen LogP contribution in [-0.4, -0.2) is 83.4 Å². The first-order valence-corrected chi connectivity index (χ1v) is 18.0. The van der Waals surface area contributed by atoms with Crippen LogP contribution in [-0.2, 0) is 36.8 Å². The smallest absolute Gasteiger partial charge is 0.407 e. The lowest BCUT2D eigenvalue weighted by Crippen LogP contribution is -2.60. The van der Waals surface area contributed by atoms with E-state index in [2.05, 4.69) is 21.3 Å². The summed E-state index contributed by atoms with van der Waals surface area (Å²) in [5.41, 5.74) is 7.04.